The van der Waals surface area contributed by atoms with Crippen LogP contribution in [-0.4, -0.2) is 74.3 Å². The Balaban J connectivity index is 5.12. The van der Waals surface area contributed by atoms with Gasteiger partial charge in [-0.1, -0.05) is 267 Å². The van der Waals surface area contributed by atoms with Crippen molar-refractivity contribution in [1.82, 2.24) is 5.32 Å². The number of phosphoric ester groups is 1. The van der Waals surface area contributed by atoms with Crippen LogP contribution < -0.4 is 5.32 Å². The lowest BCUT2D eigenvalue weighted by Gasteiger charge is -2.27. The number of carbonyl (C=O) groups excluding carboxylic acids is 2. The lowest BCUT2D eigenvalue weighted by atomic mass is 10.0. The first-order chi connectivity index (χ1) is 38.4. The van der Waals surface area contributed by atoms with Gasteiger partial charge in [0, 0.05) is 12.8 Å². The normalized spacial score (nSPS) is 14.1. The minimum absolute atomic E-state index is 0.0307. The molecule has 0 aliphatic heterocycles. The number of esters is 1. The van der Waals surface area contributed by atoms with Gasteiger partial charge in [-0.3, -0.25) is 18.6 Å². The van der Waals surface area contributed by atoms with Gasteiger partial charge in [0.15, 0.2) is 0 Å². The first kappa shape index (κ1) is 76.5. The lowest BCUT2D eigenvalue weighted by molar-refractivity contribution is -0.870. The summed E-state index contributed by atoms with van der Waals surface area (Å²) in [5.74, 6) is -0.565. The van der Waals surface area contributed by atoms with E-state index >= 15 is 0 Å². The van der Waals surface area contributed by atoms with Crippen molar-refractivity contribution in [3.05, 3.63) is 72.9 Å². The zero-order valence-corrected chi connectivity index (χ0v) is 53.5. The highest BCUT2D eigenvalue weighted by atomic mass is 31.2. The molecule has 2 N–H and O–H groups in total. The SMILES string of the molecule is CCCCC/C=C\C/C=C\C/C=C\C/C=C\CCCC(=O)OC(/C=C\CCCCCCCCCCC)C(COP(=O)(O)OCC[N+](C)(C)C)NC(=O)CCCCCCCCCCCCCCCCC/C=C/CCCCCCCC. The molecule has 460 valence electrons. The van der Waals surface area contributed by atoms with Crippen molar-refractivity contribution in [1.29, 1.82) is 0 Å². The van der Waals surface area contributed by atoms with Gasteiger partial charge in [0.05, 0.1) is 33.8 Å². The van der Waals surface area contributed by atoms with Crippen LogP contribution in [0.2, 0.25) is 0 Å². The number of allylic oxidation sites excluding steroid dienone is 11. The zero-order chi connectivity index (χ0) is 57.9. The summed E-state index contributed by atoms with van der Waals surface area (Å²) >= 11 is 0. The van der Waals surface area contributed by atoms with Crippen LogP contribution in [0.4, 0.5) is 0 Å². The number of ether oxygens (including phenoxy) is 1. The maximum Gasteiger partial charge on any atom is 0.472 e. The molecule has 0 aliphatic rings. The second-order valence-corrected chi connectivity index (χ2v) is 25.1. The minimum atomic E-state index is -4.46. The monoisotopic (exact) mass is 1130 g/mol. The molecule has 9 nitrogen and oxygen atoms in total. The Hall–Kier alpha value is -2.55. The van der Waals surface area contributed by atoms with Crippen LogP contribution in [0.15, 0.2) is 72.9 Å². The molecule has 0 aliphatic carbocycles. The highest BCUT2D eigenvalue weighted by molar-refractivity contribution is 7.47. The molecule has 0 rings (SSSR count). The molecule has 0 aromatic heterocycles. The molecule has 0 spiro atoms. The maximum atomic E-state index is 13.6. The molecular formula is C69H128N2O7P+. The summed E-state index contributed by atoms with van der Waals surface area (Å²) in [4.78, 5) is 37.7. The maximum absolute atomic E-state index is 13.6. The fraction of sp³-hybridized carbons (Fsp3) is 0.797. The summed E-state index contributed by atoms with van der Waals surface area (Å²) in [7, 11) is 1.47. The number of quaternary nitrogens is 1. The van der Waals surface area contributed by atoms with E-state index in [0.29, 0.717) is 23.9 Å². The zero-order valence-electron chi connectivity index (χ0n) is 52.6. The molecule has 0 saturated heterocycles. The largest absolute Gasteiger partial charge is 0.472 e. The summed E-state index contributed by atoms with van der Waals surface area (Å²) in [5, 5.41) is 3.05. The number of nitrogens with zero attached hydrogens (tertiary/aromatic N) is 1. The number of hydrogen-bond acceptors (Lipinski definition) is 6. The van der Waals surface area contributed by atoms with Gasteiger partial charge < -0.3 is 19.4 Å². The van der Waals surface area contributed by atoms with E-state index in [9.17, 15) is 19.0 Å². The molecule has 0 aromatic rings. The number of nitrogens with one attached hydrogen (secondary N) is 1. The van der Waals surface area contributed by atoms with Crippen molar-refractivity contribution < 1.29 is 37.3 Å². The summed E-state index contributed by atoms with van der Waals surface area (Å²) in [6.45, 7) is 6.96. The Kier molecular flexibility index (Phi) is 56.7. The third-order valence-corrected chi connectivity index (χ3v) is 15.6. The molecular weight excluding hydrogens is 1000 g/mol. The molecule has 0 radical (unpaired) electrons. The molecule has 3 unspecified atom stereocenters. The second-order valence-electron chi connectivity index (χ2n) is 23.6. The minimum Gasteiger partial charge on any atom is -0.456 e. The third-order valence-electron chi connectivity index (χ3n) is 14.6. The fourth-order valence-corrected chi connectivity index (χ4v) is 10.2. The number of hydrogen-bond donors (Lipinski definition) is 2. The predicted molar refractivity (Wildman–Crippen MR) is 341 cm³/mol. The van der Waals surface area contributed by atoms with Gasteiger partial charge in [-0.05, 0) is 96.0 Å². The van der Waals surface area contributed by atoms with E-state index in [1.54, 1.807) is 0 Å². The van der Waals surface area contributed by atoms with Crippen LogP contribution in [0, 0.1) is 0 Å². The number of rotatable bonds is 60. The van der Waals surface area contributed by atoms with E-state index in [1.807, 2.05) is 33.3 Å². The van der Waals surface area contributed by atoms with Crippen molar-refractivity contribution in [2.24, 2.45) is 0 Å². The molecule has 3 atom stereocenters. The van der Waals surface area contributed by atoms with Crippen molar-refractivity contribution in [3.63, 3.8) is 0 Å². The number of phosphoric acid groups is 1. The summed E-state index contributed by atoms with van der Waals surface area (Å²) in [5.41, 5.74) is 0. The standard InChI is InChI=1S/C69H127N2O7P/c1-7-10-13-16-19-22-25-27-29-31-32-33-34-35-36-37-38-40-41-43-46-49-52-55-58-61-68(72)70-66(65-77-79(74,75)76-64-63-71(4,5)6)67(60-57-54-51-48-45-24-21-18-15-12-9-3)78-69(73)62-59-56-53-50-47-44-42-39-30-28-26-23-20-17-14-11-8-2/h20,23,27-30,42,44,50,53,57,60,66-67H,7-19,21-22,24-26,31-41,43,45-49,51-52,54-56,58-59,61-65H2,1-6H3,(H-,70,72,74,75)/p+1/b23-20-,29-27+,30-28-,44-42-,53-50-,60-57-. The van der Waals surface area contributed by atoms with Gasteiger partial charge in [0.25, 0.3) is 0 Å². The van der Waals surface area contributed by atoms with Crippen LogP contribution in [0.1, 0.15) is 303 Å². The van der Waals surface area contributed by atoms with Gasteiger partial charge in [-0.2, -0.15) is 0 Å². The second kappa shape index (κ2) is 58.6. The Bertz CT molecular complexity index is 1580. The molecule has 0 heterocycles. The molecule has 0 saturated carbocycles. The predicted octanol–water partition coefficient (Wildman–Crippen LogP) is 20.8. The van der Waals surface area contributed by atoms with E-state index in [2.05, 4.69) is 86.8 Å². The van der Waals surface area contributed by atoms with Crippen LogP contribution in [-0.2, 0) is 27.9 Å². The summed E-state index contributed by atoms with van der Waals surface area (Å²) in [6.07, 6.45) is 76.4. The van der Waals surface area contributed by atoms with Gasteiger partial charge in [-0.15, -0.1) is 0 Å². The van der Waals surface area contributed by atoms with Crippen LogP contribution in [0.25, 0.3) is 0 Å². The molecule has 1 amide bonds. The summed E-state index contributed by atoms with van der Waals surface area (Å²) in [6, 6.07) is -0.872. The number of likely N-dealkylation sites (N-methyl/N-ethyl adjacent to an activating group) is 1. The van der Waals surface area contributed by atoms with E-state index in [0.717, 1.165) is 64.2 Å². The van der Waals surface area contributed by atoms with E-state index in [4.69, 9.17) is 13.8 Å². The van der Waals surface area contributed by atoms with Gasteiger partial charge in [0.2, 0.25) is 5.91 Å². The van der Waals surface area contributed by atoms with Gasteiger partial charge >= 0.3 is 13.8 Å². The van der Waals surface area contributed by atoms with E-state index < -0.39 is 20.0 Å². The smallest absolute Gasteiger partial charge is 0.456 e. The Morgan fingerprint density at radius 1 is 0.443 bits per heavy atom. The average Bonchev–Trinajstić information content (AvgIpc) is 3.41. The quantitative estimate of drug-likeness (QED) is 0.0205. The number of carbonyl (C=O) groups is 2. The summed E-state index contributed by atoms with van der Waals surface area (Å²) < 4.78 is 30.7. The van der Waals surface area contributed by atoms with Crippen LogP contribution >= 0.6 is 7.82 Å². The Labute approximate surface area is 489 Å². The van der Waals surface area contributed by atoms with Crippen molar-refractivity contribution in [2.75, 3.05) is 40.9 Å². The Morgan fingerprint density at radius 2 is 0.785 bits per heavy atom. The fourth-order valence-electron chi connectivity index (χ4n) is 9.46. The third kappa shape index (κ3) is 59.9. The lowest BCUT2D eigenvalue weighted by Crippen LogP contribution is -2.47. The van der Waals surface area contributed by atoms with E-state index in [-0.39, 0.29) is 31.5 Å². The van der Waals surface area contributed by atoms with Gasteiger partial charge in [0.1, 0.15) is 19.3 Å². The van der Waals surface area contributed by atoms with Crippen LogP contribution in [0.5, 0.6) is 0 Å². The first-order valence-electron chi connectivity index (χ1n) is 33.3. The van der Waals surface area contributed by atoms with Crippen molar-refractivity contribution in [3.8, 4) is 0 Å². The van der Waals surface area contributed by atoms with Crippen LogP contribution in [0.3, 0.4) is 0 Å². The van der Waals surface area contributed by atoms with Crippen molar-refractivity contribution >= 4 is 19.7 Å². The van der Waals surface area contributed by atoms with Crippen molar-refractivity contribution in [2.45, 2.75) is 315 Å². The Morgan fingerprint density at radius 3 is 1.22 bits per heavy atom. The first-order valence-corrected chi connectivity index (χ1v) is 34.8. The highest BCUT2D eigenvalue weighted by Gasteiger charge is 2.30. The molecule has 10 heteroatoms. The number of unbranched alkanes of at least 4 members (excludes halogenated alkanes) is 34. The molecule has 79 heavy (non-hydrogen) atoms. The number of amides is 1. The average molecular weight is 1130 g/mol. The molecule has 0 aromatic carbocycles. The van der Waals surface area contributed by atoms with Gasteiger partial charge in [-0.25, -0.2) is 4.57 Å². The van der Waals surface area contributed by atoms with E-state index in [1.165, 1.54) is 199 Å². The highest BCUT2D eigenvalue weighted by Crippen LogP contribution is 2.43. The topological polar surface area (TPSA) is 111 Å². The molecule has 0 bridgehead atoms. The molecule has 0 fully saturated rings.